The van der Waals surface area contributed by atoms with Gasteiger partial charge in [0.05, 0.1) is 0 Å². The van der Waals surface area contributed by atoms with E-state index >= 15 is 0 Å². The van der Waals surface area contributed by atoms with Gasteiger partial charge in [0.2, 0.25) is 0 Å². The van der Waals surface area contributed by atoms with Crippen molar-refractivity contribution in [3.8, 4) is 0 Å². The average molecular weight is 224 g/mol. The maximum absolute atomic E-state index is 3.49. The van der Waals surface area contributed by atoms with Crippen molar-refractivity contribution in [3.05, 3.63) is 22.4 Å². The van der Waals surface area contributed by atoms with Crippen LogP contribution in [-0.2, 0) is 6.54 Å². The lowest BCUT2D eigenvalue weighted by atomic mass is 10.1. The largest absolute Gasteiger partial charge is 0.315 e. The fraction of sp³-hybridized carbons (Fsp3) is 0.667. The van der Waals surface area contributed by atoms with Gasteiger partial charge in [-0.15, -0.1) is 0 Å². The van der Waals surface area contributed by atoms with Gasteiger partial charge in [-0.3, -0.25) is 4.90 Å². The molecule has 2 heterocycles. The second-order valence-corrected chi connectivity index (χ2v) is 4.97. The van der Waals surface area contributed by atoms with Crippen LogP contribution in [0.15, 0.2) is 16.8 Å². The number of likely N-dealkylation sites (N-methyl/N-ethyl adjacent to an activating group) is 1. The molecule has 1 aliphatic rings. The lowest BCUT2D eigenvalue weighted by molar-refractivity contribution is 0.166. The molecule has 3 heteroatoms. The van der Waals surface area contributed by atoms with Crippen LogP contribution >= 0.6 is 11.3 Å². The van der Waals surface area contributed by atoms with Crippen molar-refractivity contribution < 1.29 is 0 Å². The summed E-state index contributed by atoms with van der Waals surface area (Å²) in [7, 11) is 0. The molecule has 0 saturated carbocycles. The molecule has 1 atom stereocenters. The van der Waals surface area contributed by atoms with Gasteiger partial charge in [0.15, 0.2) is 0 Å². The molecule has 2 nitrogen and oxygen atoms in total. The van der Waals surface area contributed by atoms with Crippen LogP contribution in [0, 0.1) is 0 Å². The molecule has 0 radical (unpaired) electrons. The quantitative estimate of drug-likeness (QED) is 0.844. The summed E-state index contributed by atoms with van der Waals surface area (Å²) in [5, 5.41) is 7.92. The highest BCUT2D eigenvalue weighted by molar-refractivity contribution is 7.07. The number of piperidine rings is 1. The van der Waals surface area contributed by atoms with Gasteiger partial charge in [0.1, 0.15) is 0 Å². The van der Waals surface area contributed by atoms with Crippen LogP contribution in [0.25, 0.3) is 0 Å². The smallest absolute Gasteiger partial charge is 0.0245 e. The molecule has 0 amide bonds. The predicted octanol–water partition coefficient (Wildman–Crippen LogP) is 2.32. The zero-order valence-corrected chi connectivity index (χ0v) is 10.2. The Labute approximate surface area is 96.3 Å². The molecule has 15 heavy (non-hydrogen) atoms. The van der Waals surface area contributed by atoms with Gasteiger partial charge in [-0.2, -0.15) is 11.3 Å². The van der Waals surface area contributed by atoms with Crippen molar-refractivity contribution in [2.45, 2.75) is 32.4 Å². The first-order valence-electron chi connectivity index (χ1n) is 5.86. The first-order chi connectivity index (χ1) is 7.40. The highest BCUT2D eigenvalue weighted by Crippen LogP contribution is 2.15. The topological polar surface area (TPSA) is 15.3 Å². The number of nitrogens with zero attached hydrogens (tertiary/aromatic N) is 1. The number of thiophene rings is 1. The average Bonchev–Trinajstić information content (AvgIpc) is 2.80. The maximum Gasteiger partial charge on any atom is 0.0245 e. The second kappa shape index (κ2) is 5.64. The van der Waals surface area contributed by atoms with E-state index in [-0.39, 0.29) is 0 Å². The van der Waals surface area contributed by atoms with Crippen LogP contribution in [0.2, 0.25) is 0 Å². The summed E-state index contributed by atoms with van der Waals surface area (Å²) in [4.78, 5) is 2.59. The van der Waals surface area contributed by atoms with Crippen molar-refractivity contribution in [2.75, 3.05) is 19.6 Å². The van der Waals surface area contributed by atoms with E-state index in [0.29, 0.717) is 0 Å². The fourth-order valence-electron chi connectivity index (χ4n) is 2.26. The van der Waals surface area contributed by atoms with Crippen LogP contribution in [0.1, 0.15) is 25.3 Å². The van der Waals surface area contributed by atoms with Crippen LogP contribution < -0.4 is 5.32 Å². The summed E-state index contributed by atoms with van der Waals surface area (Å²) in [6, 6.07) is 2.98. The Kier molecular flexibility index (Phi) is 4.18. The third-order valence-electron chi connectivity index (χ3n) is 3.16. The molecule has 0 aromatic carbocycles. The summed E-state index contributed by atoms with van der Waals surface area (Å²) in [5.74, 6) is 0. The monoisotopic (exact) mass is 224 g/mol. The van der Waals surface area contributed by atoms with Gasteiger partial charge in [0.25, 0.3) is 0 Å². The van der Waals surface area contributed by atoms with Gasteiger partial charge in [0, 0.05) is 19.1 Å². The van der Waals surface area contributed by atoms with E-state index in [4.69, 9.17) is 0 Å². The molecule has 2 rings (SSSR count). The Balaban J connectivity index is 1.91. The van der Waals surface area contributed by atoms with E-state index in [9.17, 15) is 0 Å². The SMILES string of the molecule is CCN(Cc1ccsc1)C1CCCNC1. The van der Waals surface area contributed by atoms with Crippen molar-refractivity contribution in [2.24, 2.45) is 0 Å². The highest BCUT2D eigenvalue weighted by atomic mass is 32.1. The molecule has 1 aliphatic heterocycles. The summed E-state index contributed by atoms with van der Waals surface area (Å²) < 4.78 is 0. The molecule has 0 bridgehead atoms. The van der Waals surface area contributed by atoms with Gasteiger partial charge < -0.3 is 5.32 Å². The number of hydrogen-bond donors (Lipinski definition) is 1. The zero-order chi connectivity index (χ0) is 10.5. The third-order valence-corrected chi connectivity index (χ3v) is 3.89. The summed E-state index contributed by atoms with van der Waals surface area (Å²) in [6.45, 7) is 6.90. The maximum atomic E-state index is 3.49. The minimum Gasteiger partial charge on any atom is -0.315 e. The fourth-order valence-corrected chi connectivity index (χ4v) is 2.92. The van der Waals surface area contributed by atoms with E-state index in [2.05, 4.69) is 34.0 Å². The van der Waals surface area contributed by atoms with E-state index in [0.717, 1.165) is 25.7 Å². The lowest BCUT2D eigenvalue weighted by Gasteiger charge is -2.33. The van der Waals surface area contributed by atoms with Gasteiger partial charge in [-0.25, -0.2) is 0 Å². The van der Waals surface area contributed by atoms with E-state index < -0.39 is 0 Å². The minimum absolute atomic E-state index is 0.739. The van der Waals surface area contributed by atoms with Gasteiger partial charge in [-0.05, 0) is 48.3 Å². The third kappa shape index (κ3) is 3.03. The Bertz CT molecular complexity index is 265. The van der Waals surface area contributed by atoms with Crippen LogP contribution in [0.5, 0.6) is 0 Å². The van der Waals surface area contributed by atoms with Crippen LogP contribution in [0.4, 0.5) is 0 Å². The van der Waals surface area contributed by atoms with Gasteiger partial charge >= 0.3 is 0 Å². The van der Waals surface area contributed by atoms with E-state index in [1.165, 1.54) is 24.9 Å². The Morgan fingerprint density at radius 2 is 2.53 bits per heavy atom. The molecular formula is C12H20N2S. The second-order valence-electron chi connectivity index (χ2n) is 4.19. The normalized spacial score (nSPS) is 22.1. The van der Waals surface area contributed by atoms with Crippen molar-refractivity contribution in [1.82, 2.24) is 10.2 Å². The van der Waals surface area contributed by atoms with Crippen molar-refractivity contribution >= 4 is 11.3 Å². The van der Waals surface area contributed by atoms with Crippen LogP contribution in [-0.4, -0.2) is 30.6 Å². The molecule has 1 aromatic rings. The first kappa shape index (κ1) is 11.1. The van der Waals surface area contributed by atoms with Crippen molar-refractivity contribution in [3.63, 3.8) is 0 Å². The molecule has 1 unspecified atom stereocenters. The highest BCUT2D eigenvalue weighted by Gasteiger charge is 2.19. The molecule has 84 valence electrons. The molecule has 0 spiro atoms. The Hall–Kier alpha value is -0.380. The van der Waals surface area contributed by atoms with E-state index in [1.807, 2.05) is 0 Å². The summed E-state index contributed by atoms with van der Waals surface area (Å²) in [5.41, 5.74) is 1.47. The summed E-state index contributed by atoms with van der Waals surface area (Å²) >= 11 is 1.80. The minimum atomic E-state index is 0.739. The first-order valence-corrected chi connectivity index (χ1v) is 6.80. The molecule has 1 aromatic heterocycles. The van der Waals surface area contributed by atoms with Crippen molar-refractivity contribution in [1.29, 1.82) is 0 Å². The standard InChI is InChI=1S/C12H20N2S/c1-2-14(9-11-5-7-15-10-11)12-4-3-6-13-8-12/h5,7,10,12-13H,2-4,6,8-9H2,1H3. The van der Waals surface area contributed by atoms with Crippen LogP contribution in [0.3, 0.4) is 0 Å². The molecule has 1 fully saturated rings. The Morgan fingerprint density at radius 3 is 3.13 bits per heavy atom. The molecular weight excluding hydrogens is 204 g/mol. The molecule has 1 N–H and O–H groups in total. The van der Waals surface area contributed by atoms with E-state index in [1.54, 1.807) is 11.3 Å². The Morgan fingerprint density at radius 1 is 1.60 bits per heavy atom. The van der Waals surface area contributed by atoms with Gasteiger partial charge in [-0.1, -0.05) is 6.92 Å². The summed E-state index contributed by atoms with van der Waals surface area (Å²) in [6.07, 6.45) is 2.68. The number of nitrogens with one attached hydrogen (secondary N) is 1. The zero-order valence-electron chi connectivity index (χ0n) is 9.41. The lowest BCUT2D eigenvalue weighted by Crippen LogP contribution is -2.45. The molecule has 0 aliphatic carbocycles. The number of rotatable bonds is 4. The predicted molar refractivity (Wildman–Crippen MR) is 66.3 cm³/mol. The number of hydrogen-bond acceptors (Lipinski definition) is 3. The molecule has 1 saturated heterocycles.